The summed E-state index contributed by atoms with van der Waals surface area (Å²) in [5, 5.41) is 1.10. The quantitative estimate of drug-likeness (QED) is 0.867. The molecule has 2 rings (SSSR count). The zero-order valence-corrected chi connectivity index (χ0v) is 11.7. The summed E-state index contributed by atoms with van der Waals surface area (Å²) in [6.07, 6.45) is 1.80. The van der Waals surface area contributed by atoms with Crippen LogP contribution in [0.5, 0.6) is 0 Å². The average molecular weight is 284 g/mol. The minimum atomic E-state index is -0.375. The van der Waals surface area contributed by atoms with E-state index in [-0.39, 0.29) is 5.54 Å². The van der Waals surface area contributed by atoms with Gasteiger partial charge in [-0.2, -0.15) is 0 Å². The van der Waals surface area contributed by atoms with Gasteiger partial charge in [-0.3, -0.25) is 4.99 Å². The molecule has 1 unspecified atom stereocenters. The molecule has 1 aromatic carbocycles. The van der Waals surface area contributed by atoms with Crippen molar-refractivity contribution in [2.45, 2.75) is 12.5 Å². The number of halogens is 2. The van der Waals surface area contributed by atoms with E-state index >= 15 is 0 Å². The zero-order chi connectivity index (χ0) is 13.3. The summed E-state index contributed by atoms with van der Waals surface area (Å²) >= 11 is 12.4. The van der Waals surface area contributed by atoms with Gasteiger partial charge in [0.25, 0.3) is 0 Å². The maximum atomic E-state index is 6.30. The van der Waals surface area contributed by atoms with E-state index in [9.17, 15) is 0 Å². The molecule has 2 N–H and O–H groups in total. The van der Waals surface area contributed by atoms with Crippen LogP contribution in [0.1, 0.15) is 12.5 Å². The number of rotatable bonds is 3. The van der Waals surface area contributed by atoms with Gasteiger partial charge in [0.1, 0.15) is 0 Å². The van der Waals surface area contributed by atoms with E-state index in [1.165, 1.54) is 0 Å². The number of aliphatic imine (C=N–C) groups is 1. The SMILES string of the molecule is C=CCN1C(N)=NCC1(C)c1cccc(Cl)c1Cl. The summed E-state index contributed by atoms with van der Waals surface area (Å²) in [6.45, 7) is 6.98. The fourth-order valence-corrected chi connectivity index (χ4v) is 2.74. The molecule has 1 heterocycles. The molecular formula is C13H15Cl2N3. The van der Waals surface area contributed by atoms with E-state index in [0.717, 1.165) is 5.56 Å². The van der Waals surface area contributed by atoms with Crippen molar-refractivity contribution in [2.24, 2.45) is 10.7 Å². The second-order valence-corrected chi connectivity index (χ2v) is 5.23. The number of hydrogen-bond acceptors (Lipinski definition) is 3. The molecular weight excluding hydrogens is 269 g/mol. The van der Waals surface area contributed by atoms with Crippen LogP contribution < -0.4 is 5.73 Å². The first-order chi connectivity index (χ1) is 8.50. The molecule has 0 radical (unpaired) electrons. The largest absolute Gasteiger partial charge is 0.370 e. The number of benzene rings is 1. The lowest BCUT2D eigenvalue weighted by Gasteiger charge is -2.36. The van der Waals surface area contributed by atoms with E-state index in [2.05, 4.69) is 18.5 Å². The highest BCUT2D eigenvalue weighted by Crippen LogP contribution is 2.39. The summed E-state index contributed by atoms with van der Waals surface area (Å²) in [4.78, 5) is 6.29. The molecule has 0 saturated carbocycles. The van der Waals surface area contributed by atoms with Gasteiger partial charge >= 0.3 is 0 Å². The number of guanidine groups is 1. The van der Waals surface area contributed by atoms with Gasteiger partial charge in [0.15, 0.2) is 5.96 Å². The van der Waals surface area contributed by atoms with Crippen LogP contribution in [0.25, 0.3) is 0 Å². The van der Waals surface area contributed by atoms with Gasteiger partial charge in [0, 0.05) is 6.54 Å². The van der Waals surface area contributed by atoms with Crippen LogP contribution in [0.4, 0.5) is 0 Å². The van der Waals surface area contributed by atoms with Crippen molar-refractivity contribution in [1.29, 1.82) is 0 Å². The summed E-state index contributed by atoms with van der Waals surface area (Å²) < 4.78 is 0. The first kappa shape index (κ1) is 13.2. The van der Waals surface area contributed by atoms with Gasteiger partial charge in [0.2, 0.25) is 0 Å². The predicted molar refractivity (Wildman–Crippen MR) is 77.2 cm³/mol. The molecule has 1 atom stereocenters. The van der Waals surface area contributed by atoms with E-state index in [0.29, 0.717) is 29.1 Å². The first-order valence-electron chi connectivity index (χ1n) is 5.63. The van der Waals surface area contributed by atoms with E-state index in [1.54, 1.807) is 12.1 Å². The molecule has 5 heteroatoms. The normalized spacial score (nSPS) is 23.1. The first-order valence-corrected chi connectivity index (χ1v) is 6.39. The zero-order valence-electron chi connectivity index (χ0n) is 10.2. The van der Waals surface area contributed by atoms with Crippen molar-refractivity contribution in [3.05, 3.63) is 46.5 Å². The number of nitrogens with zero attached hydrogens (tertiary/aromatic N) is 2. The fraction of sp³-hybridized carbons (Fsp3) is 0.308. The van der Waals surface area contributed by atoms with Gasteiger partial charge in [-0.05, 0) is 18.6 Å². The molecule has 3 nitrogen and oxygen atoms in total. The van der Waals surface area contributed by atoms with Crippen molar-refractivity contribution >= 4 is 29.2 Å². The molecule has 1 aromatic rings. The molecule has 0 aliphatic carbocycles. The number of hydrogen-bond donors (Lipinski definition) is 1. The summed E-state index contributed by atoms with van der Waals surface area (Å²) in [6, 6.07) is 5.61. The minimum absolute atomic E-state index is 0.375. The lowest BCUT2D eigenvalue weighted by molar-refractivity contribution is 0.245. The fourth-order valence-electron chi connectivity index (χ4n) is 2.23. The monoisotopic (exact) mass is 283 g/mol. The maximum Gasteiger partial charge on any atom is 0.192 e. The van der Waals surface area contributed by atoms with E-state index < -0.39 is 0 Å². The maximum absolute atomic E-state index is 6.30. The Morgan fingerprint density at radius 1 is 1.56 bits per heavy atom. The summed E-state index contributed by atoms with van der Waals surface area (Å²) in [7, 11) is 0. The third kappa shape index (κ3) is 1.98. The Balaban J connectivity index is 2.48. The van der Waals surface area contributed by atoms with Gasteiger partial charge in [-0.15, -0.1) is 6.58 Å². The van der Waals surface area contributed by atoms with Gasteiger partial charge < -0.3 is 10.6 Å². The van der Waals surface area contributed by atoms with Gasteiger partial charge in [0.05, 0.1) is 22.1 Å². The van der Waals surface area contributed by atoms with Crippen LogP contribution >= 0.6 is 23.2 Å². The Kier molecular flexibility index (Phi) is 3.55. The van der Waals surface area contributed by atoms with Crippen molar-refractivity contribution in [3.8, 4) is 0 Å². The van der Waals surface area contributed by atoms with Crippen LogP contribution in [0.2, 0.25) is 10.0 Å². The molecule has 96 valence electrons. The Morgan fingerprint density at radius 3 is 2.94 bits per heavy atom. The molecule has 0 saturated heterocycles. The molecule has 0 aromatic heterocycles. The molecule has 18 heavy (non-hydrogen) atoms. The summed E-state index contributed by atoms with van der Waals surface area (Å²) in [5.41, 5.74) is 6.48. The Morgan fingerprint density at radius 2 is 2.28 bits per heavy atom. The lowest BCUT2D eigenvalue weighted by atomic mass is 9.91. The van der Waals surface area contributed by atoms with E-state index in [4.69, 9.17) is 28.9 Å². The van der Waals surface area contributed by atoms with Crippen molar-refractivity contribution < 1.29 is 0 Å². The molecule has 1 aliphatic rings. The molecule has 0 spiro atoms. The second kappa shape index (κ2) is 4.82. The third-order valence-corrected chi connectivity index (χ3v) is 4.08. The highest BCUT2D eigenvalue weighted by molar-refractivity contribution is 6.42. The molecule has 1 aliphatic heterocycles. The highest BCUT2D eigenvalue weighted by Gasteiger charge is 2.40. The predicted octanol–water partition coefficient (Wildman–Crippen LogP) is 3.02. The Bertz CT molecular complexity index is 513. The molecule has 0 amide bonds. The van der Waals surface area contributed by atoms with E-state index in [1.807, 2.05) is 17.0 Å². The van der Waals surface area contributed by atoms with Crippen molar-refractivity contribution in [2.75, 3.05) is 13.1 Å². The van der Waals surface area contributed by atoms with Crippen molar-refractivity contribution in [1.82, 2.24) is 4.90 Å². The molecule has 0 bridgehead atoms. The van der Waals surface area contributed by atoms with Crippen molar-refractivity contribution in [3.63, 3.8) is 0 Å². The van der Waals surface area contributed by atoms with Gasteiger partial charge in [-0.1, -0.05) is 41.4 Å². The van der Waals surface area contributed by atoms with Crippen LogP contribution in [0.15, 0.2) is 35.8 Å². The highest BCUT2D eigenvalue weighted by atomic mass is 35.5. The minimum Gasteiger partial charge on any atom is -0.370 e. The lowest BCUT2D eigenvalue weighted by Crippen LogP contribution is -2.47. The molecule has 0 fully saturated rings. The standard InChI is InChI=1S/C13H15Cl2N3/c1-3-7-18-12(16)17-8-13(18,2)9-5-4-6-10(14)11(9)15/h3-6H,1,7-8H2,2H3,(H2,16,17). The Hall–Kier alpha value is -1.19. The number of nitrogens with two attached hydrogens (primary N) is 1. The average Bonchev–Trinajstić information content (AvgIpc) is 2.62. The smallest absolute Gasteiger partial charge is 0.192 e. The third-order valence-electron chi connectivity index (χ3n) is 3.26. The van der Waals surface area contributed by atoms with Crippen LogP contribution in [-0.4, -0.2) is 23.9 Å². The van der Waals surface area contributed by atoms with Gasteiger partial charge in [-0.25, -0.2) is 0 Å². The summed E-state index contributed by atoms with van der Waals surface area (Å²) in [5.74, 6) is 0.508. The van der Waals surface area contributed by atoms with Crippen LogP contribution in [-0.2, 0) is 5.54 Å². The topological polar surface area (TPSA) is 41.6 Å². The second-order valence-electron chi connectivity index (χ2n) is 4.45. The van der Waals surface area contributed by atoms with Crippen LogP contribution in [0.3, 0.4) is 0 Å². The Labute approximate surface area is 117 Å². The van der Waals surface area contributed by atoms with Crippen LogP contribution in [0, 0.1) is 0 Å².